The van der Waals surface area contributed by atoms with E-state index in [4.69, 9.17) is 10.5 Å². The minimum absolute atomic E-state index is 0.383. The number of rotatable bonds is 5. The molecule has 0 amide bonds. The quantitative estimate of drug-likeness (QED) is 0.853. The molecular formula is C14H24N4O. The molecule has 106 valence electrons. The fourth-order valence-electron chi connectivity index (χ4n) is 2.60. The van der Waals surface area contributed by atoms with Crippen molar-refractivity contribution < 1.29 is 4.74 Å². The van der Waals surface area contributed by atoms with Gasteiger partial charge in [-0.25, -0.2) is 9.97 Å². The predicted octanol–water partition coefficient (Wildman–Crippen LogP) is 2.24. The molecule has 0 radical (unpaired) electrons. The molecule has 1 fully saturated rings. The number of ether oxygens (including phenoxy) is 1. The van der Waals surface area contributed by atoms with Crippen molar-refractivity contribution >= 4 is 11.6 Å². The first-order valence-corrected chi connectivity index (χ1v) is 7.16. The van der Waals surface area contributed by atoms with Crippen LogP contribution in [-0.2, 0) is 11.2 Å². The molecule has 3 N–H and O–H groups in total. The Kier molecular flexibility index (Phi) is 4.96. The number of nitrogen functional groups attached to an aromatic ring is 1. The van der Waals surface area contributed by atoms with Crippen molar-refractivity contribution in [3.05, 3.63) is 11.9 Å². The molecule has 1 aliphatic rings. The molecule has 1 aliphatic heterocycles. The van der Waals surface area contributed by atoms with Gasteiger partial charge in [0.05, 0.1) is 0 Å². The molecule has 1 atom stereocenters. The Morgan fingerprint density at radius 3 is 2.84 bits per heavy atom. The number of hydrogen-bond donors (Lipinski definition) is 2. The number of nitrogens with one attached hydrogen (secondary N) is 1. The summed E-state index contributed by atoms with van der Waals surface area (Å²) >= 11 is 0. The highest BCUT2D eigenvalue weighted by Gasteiger charge is 2.21. The minimum Gasteiger partial charge on any atom is -0.383 e. The van der Waals surface area contributed by atoms with Crippen molar-refractivity contribution in [1.82, 2.24) is 9.97 Å². The number of anilines is 2. The monoisotopic (exact) mass is 264 g/mol. The van der Waals surface area contributed by atoms with Gasteiger partial charge in [0.2, 0.25) is 0 Å². The maximum Gasteiger partial charge on any atom is 0.134 e. The van der Waals surface area contributed by atoms with Crippen molar-refractivity contribution in [3.63, 3.8) is 0 Å². The summed E-state index contributed by atoms with van der Waals surface area (Å²) in [6, 6.07) is 0.383. The average Bonchev–Trinajstić information content (AvgIpc) is 2.43. The van der Waals surface area contributed by atoms with Crippen LogP contribution < -0.4 is 11.1 Å². The Morgan fingerprint density at radius 1 is 1.42 bits per heavy atom. The Labute approximate surface area is 115 Å². The highest BCUT2D eigenvalue weighted by atomic mass is 16.5. The average molecular weight is 264 g/mol. The maximum atomic E-state index is 5.95. The summed E-state index contributed by atoms with van der Waals surface area (Å²) in [5.41, 5.74) is 7.00. The van der Waals surface area contributed by atoms with Crippen molar-refractivity contribution in [2.75, 3.05) is 24.3 Å². The zero-order valence-electron chi connectivity index (χ0n) is 11.9. The predicted molar refractivity (Wildman–Crippen MR) is 77.1 cm³/mol. The zero-order valence-corrected chi connectivity index (χ0v) is 11.9. The molecule has 0 aliphatic carbocycles. The minimum atomic E-state index is 0.383. The van der Waals surface area contributed by atoms with Crippen molar-refractivity contribution in [1.29, 1.82) is 0 Å². The van der Waals surface area contributed by atoms with Gasteiger partial charge >= 0.3 is 0 Å². The third-order valence-electron chi connectivity index (χ3n) is 3.82. The normalized spacial score (nSPS) is 18.2. The summed E-state index contributed by atoms with van der Waals surface area (Å²) in [5.74, 6) is 2.13. The van der Waals surface area contributed by atoms with Crippen LogP contribution in [0.3, 0.4) is 0 Å². The van der Waals surface area contributed by atoms with Crippen LogP contribution in [-0.4, -0.2) is 29.2 Å². The van der Waals surface area contributed by atoms with E-state index in [9.17, 15) is 0 Å². The SMILES string of the molecule is CCCc1c(N)ncnc1NC(C)C1CCOCC1. The van der Waals surface area contributed by atoms with E-state index >= 15 is 0 Å². The zero-order chi connectivity index (χ0) is 13.7. The summed E-state index contributed by atoms with van der Waals surface area (Å²) < 4.78 is 5.41. The van der Waals surface area contributed by atoms with E-state index < -0.39 is 0 Å². The van der Waals surface area contributed by atoms with Crippen LogP contribution in [0.5, 0.6) is 0 Å². The van der Waals surface area contributed by atoms with Gasteiger partial charge < -0.3 is 15.8 Å². The van der Waals surface area contributed by atoms with E-state index in [-0.39, 0.29) is 0 Å². The molecule has 5 heteroatoms. The fraction of sp³-hybridized carbons (Fsp3) is 0.714. The summed E-state index contributed by atoms with van der Waals surface area (Å²) in [7, 11) is 0. The lowest BCUT2D eigenvalue weighted by Crippen LogP contribution is -2.31. The van der Waals surface area contributed by atoms with E-state index in [0.717, 1.165) is 50.3 Å². The van der Waals surface area contributed by atoms with Crippen molar-refractivity contribution in [2.45, 2.75) is 45.6 Å². The van der Waals surface area contributed by atoms with Gasteiger partial charge in [-0.3, -0.25) is 0 Å². The van der Waals surface area contributed by atoms with Crippen molar-refractivity contribution in [2.24, 2.45) is 5.92 Å². The second-order valence-electron chi connectivity index (χ2n) is 5.22. The van der Waals surface area contributed by atoms with Gasteiger partial charge in [-0.1, -0.05) is 13.3 Å². The maximum absolute atomic E-state index is 5.95. The molecule has 0 spiro atoms. The van der Waals surface area contributed by atoms with Gasteiger partial charge in [-0.2, -0.15) is 0 Å². The van der Waals surface area contributed by atoms with Gasteiger partial charge in [0.25, 0.3) is 0 Å². The third-order valence-corrected chi connectivity index (χ3v) is 3.82. The first kappa shape index (κ1) is 14.1. The van der Waals surface area contributed by atoms with Crippen LogP contribution in [0.15, 0.2) is 6.33 Å². The second-order valence-corrected chi connectivity index (χ2v) is 5.22. The molecule has 1 aromatic rings. The number of nitrogens with zero attached hydrogens (tertiary/aromatic N) is 2. The molecule has 1 saturated heterocycles. The molecule has 5 nitrogen and oxygen atoms in total. The lowest BCUT2D eigenvalue weighted by Gasteiger charge is -2.29. The Morgan fingerprint density at radius 2 is 2.16 bits per heavy atom. The highest BCUT2D eigenvalue weighted by Crippen LogP contribution is 2.24. The summed E-state index contributed by atoms with van der Waals surface area (Å²) in [5, 5.41) is 3.52. The number of nitrogens with two attached hydrogens (primary N) is 1. The lowest BCUT2D eigenvalue weighted by atomic mass is 9.93. The second kappa shape index (κ2) is 6.70. The van der Waals surface area contributed by atoms with Crippen LogP contribution in [0.4, 0.5) is 11.6 Å². The molecule has 1 aromatic heterocycles. The van der Waals surface area contributed by atoms with E-state index in [0.29, 0.717) is 17.8 Å². The van der Waals surface area contributed by atoms with Crippen LogP contribution in [0.1, 0.15) is 38.7 Å². The summed E-state index contributed by atoms with van der Waals surface area (Å²) in [6.07, 6.45) is 5.70. The Bertz CT molecular complexity index is 404. The summed E-state index contributed by atoms with van der Waals surface area (Å²) in [6.45, 7) is 6.08. The van der Waals surface area contributed by atoms with Crippen molar-refractivity contribution in [3.8, 4) is 0 Å². The van der Waals surface area contributed by atoms with Gasteiger partial charge in [0.15, 0.2) is 0 Å². The number of hydrogen-bond acceptors (Lipinski definition) is 5. The Balaban J connectivity index is 2.06. The van der Waals surface area contributed by atoms with E-state index in [1.807, 2.05) is 0 Å². The molecule has 2 rings (SSSR count). The molecule has 19 heavy (non-hydrogen) atoms. The first-order chi connectivity index (χ1) is 9.22. The first-order valence-electron chi connectivity index (χ1n) is 7.16. The van der Waals surface area contributed by atoms with Gasteiger partial charge in [-0.05, 0) is 32.1 Å². The largest absolute Gasteiger partial charge is 0.383 e. The fourth-order valence-corrected chi connectivity index (χ4v) is 2.60. The van der Waals surface area contributed by atoms with Crippen LogP contribution in [0.2, 0.25) is 0 Å². The van der Waals surface area contributed by atoms with E-state index in [1.165, 1.54) is 6.33 Å². The molecule has 0 bridgehead atoms. The van der Waals surface area contributed by atoms with Gasteiger partial charge in [-0.15, -0.1) is 0 Å². The Hall–Kier alpha value is -1.36. The molecule has 1 unspecified atom stereocenters. The number of aromatic nitrogens is 2. The molecule has 0 aromatic carbocycles. The van der Waals surface area contributed by atoms with Crippen LogP contribution in [0, 0.1) is 5.92 Å². The standard InChI is InChI=1S/C14H24N4O/c1-3-4-12-13(15)16-9-17-14(12)18-10(2)11-5-7-19-8-6-11/h9-11H,3-8H2,1-2H3,(H3,15,16,17,18). The van der Waals surface area contributed by atoms with Gasteiger partial charge in [0, 0.05) is 24.8 Å². The third kappa shape index (κ3) is 3.56. The molecule has 0 saturated carbocycles. The van der Waals surface area contributed by atoms with E-state index in [2.05, 4.69) is 29.1 Å². The topological polar surface area (TPSA) is 73.1 Å². The van der Waals surface area contributed by atoms with Gasteiger partial charge in [0.1, 0.15) is 18.0 Å². The van der Waals surface area contributed by atoms with Crippen LogP contribution >= 0.6 is 0 Å². The smallest absolute Gasteiger partial charge is 0.134 e. The van der Waals surface area contributed by atoms with Crippen LogP contribution in [0.25, 0.3) is 0 Å². The molecular weight excluding hydrogens is 240 g/mol. The highest BCUT2D eigenvalue weighted by molar-refractivity contribution is 5.55. The molecule has 2 heterocycles. The summed E-state index contributed by atoms with van der Waals surface area (Å²) in [4.78, 5) is 8.44. The lowest BCUT2D eigenvalue weighted by molar-refractivity contribution is 0.0622. The van der Waals surface area contributed by atoms with E-state index in [1.54, 1.807) is 0 Å².